The van der Waals surface area contributed by atoms with Gasteiger partial charge < -0.3 is 9.64 Å². The first-order valence-electron chi connectivity index (χ1n) is 8.39. The molecule has 1 aromatic rings. The molecule has 1 aliphatic rings. The molecular formula is C17H29N3O2. The highest BCUT2D eigenvalue weighted by Crippen LogP contribution is 2.22. The van der Waals surface area contributed by atoms with Gasteiger partial charge in [0.1, 0.15) is 0 Å². The maximum Gasteiger partial charge on any atom is 0.222 e. The Hall–Kier alpha value is -1.36. The number of methoxy groups -OCH3 is 1. The van der Waals surface area contributed by atoms with Crippen molar-refractivity contribution in [2.24, 2.45) is 5.92 Å². The van der Waals surface area contributed by atoms with Crippen molar-refractivity contribution < 1.29 is 9.53 Å². The van der Waals surface area contributed by atoms with Crippen molar-refractivity contribution in [3.63, 3.8) is 0 Å². The van der Waals surface area contributed by atoms with Gasteiger partial charge in [-0.05, 0) is 51.0 Å². The molecule has 1 fully saturated rings. The van der Waals surface area contributed by atoms with Crippen LogP contribution in [0.4, 0.5) is 0 Å². The fraction of sp³-hybridized carbons (Fsp3) is 0.765. The predicted molar refractivity (Wildman–Crippen MR) is 86.8 cm³/mol. The number of aryl methyl sites for hydroxylation is 2. The molecular weight excluding hydrogens is 278 g/mol. The number of amides is 1. The molecule has 0 saturated carbocycles. The molecule has 22 heavy (non-hydrogen) atoms. The molecule has 0 aliphatic carbocycles. The number of hydrogen-bond donors (Lipinski definition) is 1. The van der Waals surface area contributed by atoms with E-state index >= 15 is 0 Å². The smallest absolute Gasteiger partial charge is 0.222 e. The monoisotopic (exact) mass is 307 g/mol. The van der Waals surface area contributed by atoms with Crippen molar-refractivity contribution in [1.82, 2.24) is 15.1 Å². The van der Waals surface area contributed by atoms with Crippen LogP contribution in [0.2, 0.25) is 0 Å². The van der Waals surface area contributed by atoms with Gasteiger partial charge in [-0.25, -0.2) is 0 Å². The van der Waals surface area contributed by atoms with Crippen molar-refractivity contribution >= 4 is 5.91 Å². The van der Waals surface area contributed by atoms with Crippen LogP contribution < -0.4 is 0 Å². The number of aromatic amines is 1. The molecule has 0 unspecified atom stereocenters. The van der Waals surface area contributed by atoms with Gasteiger partial charge in [0.05, 0.1) is 5.69 Å². The number of carbonyl (C=O) groups excluding carboxylic acids is 1. The Labute approximate surface area is 133 Å². The fourth-order valence-electron chi connectivity index (χ4n) is 3.21. The second kappa shape index (κ2) is 8.32. The van der Waals surface area contributed by atoms with Gasteiger partial charge >= 0.3 is 0 Å². The zero-order valence-corrected chi connectivity index (χ0v) is 14.2. The van der Waals surface area contributed by atoms with Crippen LogP contribution in [0.3, 0.4) is 0 Å². The fourth-order valence-corrected chi connectivity index (χ4v) is 3.21. The lowest BCUT2D eigenvalue weighted by atomic mass is 9.93. The van der Waals surface area contributed by atoms with Gasteiger partial charge in [0.2, 0.25) is 5.91 Å². The van der Waals surface area contributed by atoms with E-state index < -0.39 is 0 Å². The molecule has 0 radical (unpaired) electrons. The Bertz CT molecular complexity index is 484. The summed E-state index contributed by atoms with van der Waals surface area (Å²) in [5.41, 5.74) is 3.31. The van der Waals surface area contributed by atoms with Crippen molar-refractivity contribution in [2.75, 3.05) is 26.8 Å². The lowest BCUT2D eigenvalue weighted by Gasteiger charge is -2.33. The molecule has 2 heterocycles. The molecule has 5 heteroatoms. The number of nitrogens with one attached hydrogen (secondary N) is 1. The second-order valence-electron chi connectivity index (χ2n) is 6.40. The third-order valence-corrected chi connectivity index (χ3v) is 4.76. The summed E-state index contributed by atoms with van der Waals surface area (Å²) in [6.07, 6.45) is 5.93. The quantitative estimate of drug-likeness (QED) is 0.788. The average molecular weight is 307 g/mol. The highest BCUT2D eigenvalue weighted by Gasteiger charge is 2.23. The summed E-state index contributed by atoms with van der Waals surface area (Å²) in [5.74, 6) is 0.915. The van der Waals surface area contributed by atoms with Gasteiger partial charge in [-0.1, -0.05) is 0 Å². The summed E-state index contributed by atoms with van der Waals surface area (Å²) in [5, 5.41) is 7.28. The Morgan fingerprint density at radius 1 is 1.45 bits per heavy atom. The third kappa shape index (κ3) is 4.57. The lowest BCUT2D eigenvalue weighted by Crippen LogP contribution is -2.40. The maximum atomic E-state index is 12.4. The highest BCUT2D eigenvalue weighted by molar-refractivity contribution is 5.76. The summed E-state index contributed by atoms with van der Waals surface area (Å²) < 4.78 is 5.12. The highest BCUT2D eigenvalue weighted by atomic mass is 16.5. The van der Waals surface area contributed by atoms with E-state index in [1.807, 2.05) is 6.92 Å². The summed E-state index contributed by atoms with van der Waals surface area (Å²) in [6.45, 7) is 6.73. The molecule has 1 N–H and O–H groups in total. The molecule has 1 saturated heterocycles. The topological polar surface area (TPSA) is 58.2 Å². The number of nitrogens with zero attached hydrogens (tertiary/aromatic N) is 2. The average Bonchev–Trinajstić information content (AvgIpc) is 2.85. The number of piperidine rings is 1. The van der Waals surface area contributed by atoms with E-state index in [4.69, 9.17) is 4.74 Å². The van der Waals surface area contributed by atoms with Crippen molar-refractivity contribution in [3.05, 3.63) is 17.0 Å². The molecule has 2 rings (SSSR count). The Balaban J connectivity index is 1.78. The van der Waals surface area contributed by atoms with Gasteiger partial charge in [-0.3, -0.25) is 9.89 Å². The van der Waals surface area contributed by atoms with Crippen LogP contribution in [-0.4, -0.2) is 47.8 Å². The first-order chi connectivity index (χ1) is 10.6. The molecule has 0 spiro atoms. The van der Waals surface area contributed by atoms with Gasteiger partial charge in [0.15, 0.2) is 0 Å². The van der Waals surface area contributed by atoms with E-state index in [2.05, 4.69) is 22.0 Å². The van der Waals surface area contributed by atoms with E-state index in [1.54, 1.807) is 7.11 Å². The maximum absolute atomic E-state index is 12.4. The minimum Gasteiger partial charge on any atom is -0.385 e. The Morgan fingerprint density at radius 2 is 2.27 bits per heavy atom. The SMILES string of the molecule is COCCC[C@@H]1CCCN(C(=O)CCc2n[nH]c(C)c2C)C1. The van der Waals surface area contributed by atoms with E-state index in [9.17, 15) is 4.79 Å². The van der Waals surface area contributed by atoms with Gasteiger partial charge in [0.25, 0.3) is 0 Å². The lowest BCUT2D eigenvalue weighted by molar-refractivity contribution is -0.133. The van der Waals surface area contributed by atoms with E-state index in [-0.39, 0.29) is 5.91 Å². The number of aromatic nitrogens is 2. The summed E-state index contributed by atoms with van der Waals surface area (Å²) in [7, 11) is 1.75. The molecule has 1 amide bonds. The zero-order chi connectivity index (χ0) is 15.9. The van der Waals surface area contributed by atoms with Gasteiger partial charge in [-0.2, -0.15) is 5.10 Å². The van der Waals surface area contributed by atoms with Crippen LogP contribution in [-0.2, 0) is 16.0 Å². The number of carbonyl (C=O) groups is 1. The first-order valence-corrected chi connectivity index (χ1v) is 8.39. The van der Waals surface area contributed by atoms with Gasteiger partial charge in [-0.15, -0.1) is 0 Å². The molecule has 5 nitrogen and oxygen atoms in total. The van der Waals surface area contributed by atoms with Crippen LogP contribution in [0.25, 0.3) is 0 Å². The third-order valence-electron chi connectivity index (χ3n) is 4.76. The zero-order valence-electron chi connectivity index (χ0n) is 14.2. The summed E-state index contributed by atoms with van der Waals surface area (Å²) in [6, 6.07) is 0. The van der Waals surface area contributed by atoms with E-state index in [0.717, 1.165) is 56.8 Å². The minimum absolute atomic E-state index is 0.275. The molecule has 1 atom stereocenters. The predicted octanol–water partition coefficient (Wildman–Crippen LogP) is 2.62. The minimum atomic E-state index is 0.275. The van der Waals surface area contributed by atoms with Crippen LogP contribution in [0.5, 0.6) is 0 Å². The van der Waals surface area contributed by atoms with Crippen molar-refractivity contribution in [2.45, 2.75) is 52.4 Å². The Morgan fingerprint density at radius 3 is 2.95 bits per heavy atom. The molecule has 124 valence electrons. The molecule has 1 aromatic heterocycles. The number of hydrogen-bond acceptors (Lipinski definition) is 3. The van der Waals surface area contributed by atoms with Crippen LogP contribution in [0, 0.1) is 19.8 Å². The second-order valence-corrected chi connectivity index (χ2v) is 6.40. The summed E-state index contributed by atoms with van der Waals surface area (Å²) in [4.78, 5) is 14.5. The molecule has 1 aliphatic heterocycles. The number of likely N-dealkylation sites (tertiary alicyclic amines) is 1. The van der Waals surface area contributed by atoms with Crippen LogP contribution >= 0.6 is 0 Å². The summed E-state index contributed by atoms with van der Waals surface area (Å²) >= 11 is 0. The largest absolute Gasteiger partial charge is 0.385 e. The van der Waals surface area contributed by atoms with Crippen molar-refractivity contribution in [1.29, 1.82) is 0 Å². The van der Waals surface area contributed by atoms with Crippen LogP contribution in [0.15, 0.2) is 0 Å². The molecule has 0 bridgehead atoms. The number of rotatable bonds is 7. The number of H-pyrrole nitrogens is 1. The van der Waals surface area contributed by atoms with E-state index in [1.165, 1.54) is 12.0 Å². The van der Waals surface area contributed by atoms with E-state index in [0.29, 0.717) is 12.3 Å². The van der Waals surface area contributed by atoms with Crippen LogP contribution in [0.1, 0.15) is 49.1 Å². The first kappa shape index (κ1) is 17.0. The van der Waals surface area contributed by atoms with Gasteiger partial charge in [0, 0.05) is 45.3 Å². The number of ether oxygens (including phenoxy) is 1. The molecule has 0 aromatic carbocycles. The Kier molecular flexibility index (Phi) is 6.43. The standard InChI is InChI=1S/C17H29N3O2/c1-13-14(2)18-19-16(13)8-9-17(21)20-10-4-6-15(12-20)7-5-11-22-3/h15H,4-12H2,1-3H3,(H,18,19)/t15-/m0/s1. The van der Waals surface area contributed by atoms with Crippen molar-refractivity contribution in [3.8, 4) is 0 Å². The normalized spacial score (nSPS) is 18.7.